The van der Waals surface area contributed by atoms with E-state index >= 15 is 0 Å². The van der Waals surface area contributed by atoms with Gasteiger partial charge in [0.2, 0.25) is 5.65 Å². The Morgan fingerprint density at radius 2 is 2.00 bits per heavy atom. The van der Waals surface area contributed by atoms with Gasteiger partial charge in [-0.2, -0.15) is 0 Å². The van der Waals surface area contributed by atoms with Gasteiger partial charge >= 0.3 is 5.97 Å². The Labute approximate surface area is 122 Å². The fourth-order valence-corrected chi connectivity index (χ4v) is 2.63. The Bertz CT molecular complexity index is 662. The van der Waals surface area contributed by atoms with Crippen molar-refractivity contribution in [2.24, 2.45) is 0 Å². The summed E-state index contributed by atoms with van der Waals surface area (Å²) in [4.78, 5) is 19.6. The SMILES string of the molecule is Cc1nnc2c(N3CCN(C(C)C(=O)O)CC3)nccn12. The van der Waals surface area contributed by atoms with Crippen LogP contribution in [0.2, 0.25) is 0 Å². The minimum Gasteiger partial charge on any atom is -0.480 e. The molecule has 2 aromatic rings. The van der Waals surface area contributed by atoms with Crippen LogP contribution in [-0.2, 0) is 4.79 Å². The fraction of sp³-hybridized carbons (Fsp3) is 0.538. The molecule has 21 heavy (non-hydrogen) atoms. The van der Waals surface area contributed by atoms with Crippen LogP contribution in [0.3, 0.4) is 0 Å². The van der Waals surface area contributed by atoms with Crippen LogP contribution in [0.15, 0.2) is 12.4 Å². The second-order valence-electron chi connectivity index (χ2n) is 5.23. The van der Waals surface area contributed by atoms with E-state index in [-0.39, 0.29) is 0 Å². The van der Waals surface area contributed by atoms with Gasteiger partial charge in [0.25, 0.3) is 0 Å². The number of nitrogens with zero attached hydrogens (tertiary/aromatic N) is 6. The molecular formula is C13H18N6O2. The van der Waals surface area contributed by atoms with E-state index in [1.165, 1.54) is 0 Å². The van der Waals surface area contributed by atoms with Gasteiger partial charge in [-0.3, -0.25) is 14.1 Å². The molecule has 1 aliphatic heterocycles. The van der Waals surface area contributed by atoms with Gasteiger partial charge in [0.1, 0.15) is 11.9 Å². The summed E-state index contributed by atoms with van der Waals surface area (Å²) in [6.45, 7) is 6.48. The lowest BCUT2D eigenvalue weighted by Crippen LogP contribution is -2.52. The second-order valence-corrected chi connectivity index (χ2v) is 5.23. The van der Waals surface area contributed by atoms with E-state index in [4.69, 9.17) is 5.11 Å². The number of hydrogen-bond acceptors (Lipinski definition) is 6. The van der Waals surface area contributed by atoms with Gasteiger partial charge in [-0.25, -0.2) is 4.98 Å². The maximum Gasteiger partial charge on any atom is 0.320 e. The number of aromatic nitrogens is 4. The largest absolute Gasteiger partial charge is 0.480 e. The molecule has 1 aliphatic rings. The third-order valence-electron chi connectivity index (χ3n) is 4.00. The highest BCUT2D eigenvalue weighted by molar-refractivity contribution is 5.73. The van der Waals surface area contributed by atoms with Gasteiger partial charge in [0.05, 0.1) is 0 Å². The number of rotatable bonds is 3. The van der Waals surface area contributed by atoms with Crippen molar-refractivity contribution in [3.05, 3.63) is 18.2 Å². The van der Waals surface area contributed by atoms with Crippen molar-refractivity contribution in [2.75, 3.05) is 31.1 Å². The van der Waals surface area contributed by atoms with Gasteiger partial charge in [-0.15, -0.1) is 10.2 Å². The maximum absolute atomic E-state index is 11.0. The van der Waals surface area contributed by atoms with E-state index in [9.17, 15) is 4.79 Å². The smallest absolute Gasteiger partial charge is 0.320 e. The van der Waals surface area contributed by atoms with Gasteiger partial charge in [-0.1, -0.05) is 0 Å². The molecule has 112 valence electrons. The minimum absolute atomic E-state index is 0.453. The zero-order chi connectivity index (χ0) is 15.0. The first-order valence-electron chi connectivity index (χ1n) is 6.96. The summed E-state index contributed by atoms with van der Waals surface area (Å²) < 4.78 is 1.91. The molecular weight excluding hydrogens is 272 g/mol. The molecule has 1 fully saturated rings. The van der Waals surface area contributed by atoms with Crippen molar-refractivity contribution in [3.8, 4) is 0 Å². The number of piperazine rings is 1. The molecule has 0 saturated carbocycles. The quantitative estimate of drug-likeness (QED) is 0.853. The van der Waals surface area contributed by atoms with Gasteiger partial charge in [0.15, 0.2) is 5.82 Å². The Balaban J connectivity index is 1.78. The number of hydrogen-bond donors (Lipinski definition) is 1. The number of anilines is 1. The Kier molecular flexibility index (Phi) is 3.46. The Morgan fingerprint density at radius 3 is 2.67 bits per heavy atom. The van der Waals surface area contributed by atoms with Crippen molar-refractivity contribution in [1.29, 1.82) is 0 Å². The normalized spacial score (nSPS) is 18.1. The summed E-state index contributed by atoms with van der Waals surface area (Å²) in [5.74, 6) is 0.851. The molecule has 8 heteroatoms. The summed E-state index contributed by atoms with van der Waals surface area (Å²) in [7, 11) is 0. The predicted molar refractivity (Wildman–Crippen MR) is 76.4 cm³/mol. The molecule has 3 heterocycles. The maximum atomic E-state index is 11.0. The van der Waals surface area contributed by atoms with Crippen LogP contribution >= 0.6 is 0 Å². The van der Waals surface area contributed by atoms with Gasteiger partial charge in [0, 0.05) is 38.6 Å². The van der Waals surface area contributed by atoms with Crippen molar-refractivity contribution in [3.63, 3.8) is 0 Å². The minimum atomic E-state index is -0.781. The van der Waals surface area contributed by atoms with E-state index in [2.05, 4.69) is 20.1 Å². The molecule has 0 aliphatic carbocycles. The van der Waals surface area contributed by atoms with Crippen LogP contribution in [0.25, 0.3) is 5.65 Å². The lowest BCUT2D eigenvalue weighted by molar-refractivity contribution is -0.142. The Hall–Kier alpha value is -2.22. The summed E-state index contributed by atoms with van der Waals surface area (Å²) in [6, 6.07) is -0.453. The fourth-order valence-electron chi connectivity index (χ4n) is 2.63. The van der Waals surface area contributed by atoms with E-state index in [0.29, 0.717) is 13.1 Å². The first-order chi connectivity index (χ1) is 10.1. The van der Waals surface area contributed by atoms with Crippen LogP contribution < -0.4 is 4.90 Å². The van der Waals surface area contributed by atoms with E-state index in [0.717, 1.165) is 30.4 Å². The monoisotopic (exact) mass is 290 g/mol. The number of carboxylic acid groups (broad SMARTS) is 1. The average molecular weight is 290 g/mol. The van der Waals surface area contributed by atoms with Crippen LogP contribution in [0, 0.1) is 6.92 Å². The molecule has 1 unspecified atom stereocenters. The second kappa shape index (κ2) is 5.28. The number of fused-ring (bicyclic) bond motifs is 1. The third kappa shape index (κ3) is 2.42. The highest BCUT2D eigenvalue weighted by Gasteiger charge is 2.26. The van der Waals surface area contributed by atoms with Crippen molar-refractivity contribution < 1.29 is 9.90 Å². The van der Waals surface area contributed by atoms with Gasteiger partial charge < -0.3 is 10.0 Å². The van der Waals surface area contributed by atoms with Crippen LogP contribution in [-0.4, -0.2) is 67.8 Å². The molecule has 0 amide bonds. The molecule has 2 aromatic heterocycles. The van der Waals surface area contributed by atoms with Crippen LogP contribution in [0.1, 0.15) is 12.7 Å². The van der Waals surface area contributed by atoms with E-state index in [1.54, 1.807) is 13.1 Å². The number of aliphatic carboxylic acids is 1. The van der Waals surface area contributed by atoms with E-state index < -0.39 is 12.0 Å². The molecule has 1 atom stereocenters. The molecule has 0 bridgehead atoms. The Morgan fingerprint density at radius 1 is 1.29 bits per heavy atom. The summed E-state index contributed by atoms with van der Waals surface area (Å²) >= 11 is 0. The zero-order valence-electron chi connectivity index (χ0n) is 12.1. The lowest BCUT2D eigenvalue weighted by atomic mass is 10.2. The van der Waals surface area contributed by atoms with E-state index in [1.807, 2.05) is 22.4 Å². The molecule has 8 nitrogen and oxygen atoms in total. The molecule has 0 spiro atoms. The number of carboxylic acids is 1. The highest BCUT2D eigenvalue weighted by atomic mass is 16.4. The van der Waals surface area contributed by atoms with Crippen molar-refractivity contribution >= 4 is 17.4 Å². The molecule has 1 N–H and O–H groups in total. The van der Waals surface area contributed by atoms with Crippen molar-refractivity contribution in [1.82, 2.24) is 24.5 Å². The average Bonchev–Trinajstić information content (AvgIpc) is 2.88. The first-order valence-corrected chi connectivity index (χ1v) is 6.96. The van der Waals surface area contributed by atoms with Crippen molar-refractivity contribution in [2.45, 2.75) is 19.9 Å². The molecule has 1 saturated heterocycles. The first kappa shape index (κ1) is 13.7. The molecule has 3 rings (SSSR count). The lowest BCUT2D eigenvalue weighted by Gasteiger charge is -2.37. The standard InChI is InChI=1S/C13H18N6O2/c1-9(13(20)21)17-5-7-18(8-6-17)11-12-16-15-10(2)19(12)4-3-14-11/h3-4,9H,5-8H2,1-2H3,(H,20,21). The predicted octanol–water partition coefficient (Wildman–Crippen LogP) is 0.0278. The summed E-state index contributed by atoms with van der Waals surface area (Å²) in [5, 5.41) is 17.3. The third-order valence-corrected chi connectivity index (χ3v) is 4.00. The topological polar surface area (TPSA) is 86.9 Å². The highest BCUT2D eigenvalue weighted by Crippen LogP contribution is 2.19. The van der Waals surface area contributed by atoms with Crippen LogP contribution in [0.4, 0.5) is 5.82 Å². The number of aryl methyl sites for hydroxylation is 1. The molecule has 0 aromatic carbocycles. The summed E-state index contributed by atoms with van der Waals surface area (Å²) in [6.07, 6.45) is 3.59. The summed E-state index contributed by atoms with van der Waals surface area (Å²) in [5.41, 5.74) is 0.745. The van der Waals surface area contributed by atoms with Gasteiger partial charge in [-0.05, 0) is 13.8 Å². The number of carbonyl (C=O) groups is 1. The zero-order valence-corrected chi connectivity index (χ0v) is 12.1. The van der Waals surface area contributed by atoms with Crippen LogP contribution in [0.5, 0.6) is 0 Å². The molecule has 0 radical (unpaired) electrons.